The molecule has 1 aromatic heterocycles. The summed E-state index contributed by atoms with van der Waals surface area (Å²) >= 11 is 0.728. The summed E-state index contributed by atoms with van der Waals surface area (Å²) in [7, 11) is -4.16. The lowest BCUT2D eigenvalue weighted by Crippen LogP contribution is -2.28. The first-order valence-corrected chi connectivity index (χ1v) is 8.86. The Morgan fingerprint density at radius 3 is 2.52 bits per heavy atom. The van der Waals surface area contributed by atoms with Gasteiger partial charge < -0.3 is 10.4 Å². The highest BCUT2D eigenvalue weighted by Gasteiger charge is 2.48. The van der Waals surface area contributed by atoms with Gasteiger partial charge in [-0.1, -0.05) is 0 Å². The first-order valence-electron chi connectivity index (χ1n) is 6.56. The fraction of sp³-hybridized carbons (Fsp3) is 0.214. The Balaban J connectivity index is 1.88. The van der Waals surface area contributed by atoms with E-state index in [1.54, 1.807) is 0 Å². The molecule has 2 aromatic rings. The molecule has 1 heterocycles. The summed E-state index contributed by atoms with van der Waals surface area (Å²) in [5.41, 5.74) is -1.38. The standard InChI is InChI=1S/C14H11F2NO4S2/c15-8-1-2-10(9(16)7-8)23(20,21)12-4-3-11(22-12)17-13(18)14(19)5-6-14/h1-4,7,19H,5-6H2,(H,17,18). The molecule has 1 aliphatic carbocycles. The number of nitrogens with one attached hydrogen (secondary N) is 1. The van der Waals surface area contributed by atoms with Gasteiger partial charge in [0.15, 0.2) is 0 Å². The van der Waals surface area contributed by atoms with E-state index in [1.807, 2.05) is 0 Å². The van der Waals surface area contributed by atoms with E-state index >= 15 is 0 Å². The first-order chi connectivity index (χ1) is 10.7. The van der Waals surface area contributed by atoms with E-state index in [1.165, 1.54) is 12.1 Å². The Morgan fingerprint density at radius 2 is 1.91 bits per heavy atom. The molecule has 0 spiro atoms. The molecule has 0 radical (unpaired) electrons. The predicted octanol–water partition coefficient (Wildman–Crippen LogP) is 2.32. The molecule has 1 saturated carbocycles. The normalized spacial score (nSPS) is 16.1. The minimum atomic E-state index is -4.16. The number of rotatable bonds is 4. The number of sulfone groups is 1. The monoisotopic (exact) mass is 359 g/mol. The van der Waals surface area contributed by atoms with Crippen molar-refractivity contribution >= 4 is 32.1 Å². The molecule has 23 heavy (non-hydrogen) atoms. The molecule has 9 heteroatoms. The third kappa shape index (κ3) is 2.99. The Hall–Kier alpha value is -1.84. The molecule has 1 aromatic carbocycles. The smallest absolute Gasteiger partial charge is 0.256 e. The van der Waals surface area contributed by atoms with Crippen molar-refractivity contribution in [3.05, 3.63) is 42.0 Å². The maximum atomic E-state index is 13.7. The van der Waals surface area contributed by atoms with Gasteiger partial charge in [0.25, 0.3) is 5.91 Å². The van der Waals surface area contributed by atoms with E-state index in [4.69, 9.17) is 0 Å². The summed E-state index contributed by atoms with van der Waals surface area (Å²) in [5.74, 6) is -2.66. The van der Waals surface area contributed by atoms with Crippen LogP contribution in [0, 0.1) is 11.6 Å². The van der Waals surface area contributed by atoms with Gasteiger partial charge in [0.05, 0.1) is 5.00 Å². The SMILES string of the molecule is O=C(Nc1ccc(S(=O)(=O)c2ccc(F)cc2F)s1)C1(O)CC1. The molecule has 0 atom stereocenters. The van der Waals surface area contributed by atoms with Gasteiger partial charge >= 0.3 is 0 Å². The predicted molar refractivity (Wildman–Crippen MR) is 78.9 cm³/mol. The van der Waals surface area contributed by atoms with Crippen LogP contribution >= 0.6 is 11.3 Å². The van der Waals surface area contributed by atoms with Crippen molar-refractivity contribution in [3.8, 4) is 0 Å². The van der Waals surface area contributed by atoms with Crippen molar-refractivity contribution in [1.82, 2.24) is 0 Å². The summed E-state index contributed by atoms with van der Waals surface area (Å²) in [6.45, 7) is 0. The summed E-state index contributed by atoms with van der Waals surface area (Å²) in [6.07, 6.45) is 0.715. The largest absolute Gasteiger partial charge is 0.380 e. The van der Waals surface area contributed by atoms with Gasteiger partial charge in [-0.3, -0.25) is 4.79 Å². The van der Waals surface area contributed by atoms with E-state index in [-0.39, 0.29) is 9.21 Å². The second-order valence-electron chi connectivity index (χ2n) is 5.18. The topological polar surface area (TPSA) is 83.5 Å². The van der Waals surface area contributed by atoms with Crippen molar-refractivity contribution in [2.24, 2.45) is 0 Å². The number of benzene rings is 1. The molecule has 3 rings (SSSR count). The zero-order valence-corrected chi connectivity index (χ0v) is 13.2. The lowest BCUT2D eigenvalue weighted by Gasteiger charge is -2.06. The lowest BCUT2D eigenvalue weighted by atomic mass is 10.3. The molecular weight excluding hydrogens is 348 g/mol. The molecule has 5 nitrogen and oxygen atoms in total. The van der Waals surface area contributed by atoms with Crippen LogP contribution in [-0.4, -0.2) is 25.0 Å². The molecule has 0 unspecified atom stereocenters. The van der Waals surface area contributed by atoms with Crippen LogP contribution in [0.15, 0.2) is 39.4 Å². The minimum Gasteiger partial charge on any atom is -0.380 e. The minimum absolute atomic E-state index is 0.193. The fourth-order valence-electron chi connectivity index (χ4n) is 1.91. The molecule has 1 fully saturated rings. The highest BCUT2D eigenvalue weighted by Crippen LogP contribution is 2.38. The third-order valence-corrected chi connectivity index (χ3v) is 6.69. The first kappa shape index (κ1) is 16.0. The second-order valence-corrected chi connectivity index (χ2v) is 8.41. The zero-order valence-electron chi connectivity index (χ0n) is 11.5. The van der Waals surface area contributed by atoms with Gasteiger partial charge in [0.1, 0.15) is 26.3 Å². The maximum absolute atomic E-state index is 13.7. The maximum Gasteiger partial charge on any atom is 0.256 e. The Labute approximate surface area is 134 Å². The highest BCUT2D eigenvalue weighted by molar-refractivity contribution is 7.93. The average Bonchev–Trinajstić information content (AvgIpc) is 3.04. The number of hydrogen-bond donors (Lipinski definition) is 2. The van der Waals surface area contributed by atoms with Crippen molar-refractivity contribution in [1.29, 1.82) is 0 Å². The van der Waals surface area contributed by atoms with Gasteiger partial charge in [-0.05, 0) is 37.1 Å². The van der Waals surface area contributed by atoms with E-state index < -0.39 is 37.9 Å². The third-order valence-electron chi connectivity index (χ3n) is 3.41. The van der Waals surface area contributed by atoms with Crippen LogP contribution in [0.25, 0.3) is 0 Å². The van der Waals surface area contributed by atoms with E-state index in [9.17, 15) is 27.1 Å². The summed E-state index contributed by atoms with van der Waals surface area (Å²) in [5, 5.41) is 12.3. The average molecular weight is 359 g/mol. The molecular formula is C14H11F2NO4S2. The molecule has 2 N–H and O–H groups in total. The van der Waals surface area contributed by atoms with Crippen LogP contribution in [-0.2, 0) is 14.6 Å². The number of thiophene rings is 1. The van der Waals surface area contributed by atoms with Crippen molar-refractivity contribution in [2.75, 3.05) is 5.32 Å². The van der Waals surface area contributed by atoms with Gasteiger partial charge in [-0.2, -0.15) is 0 Å². The van der Waals surface area contributed by atoms with Crippen LogP contribution < -0.4 is 5.32 Å². The van der Waals surface area contributed by atoms with E-state index in [0.29, 0.717) is 18.9 Å². The quantitative estimate of drug-likeness (QED) is 0.821. The number of carbonyl (C=O) groups excluding carboxylic acids is 1. The highest BCUT2D eigenvalue weighted by atomic mass is 32.2. The van der Waals surface area contributed by atoms with Crippen LogP contribution in [0.2, 0.25) is 0 Å². The van der Waals surface area contributed by atoms with Crippen LogP contribution in [0.5, 0.6) is 0 Å². The summed E-state index contributed by atoms with van der Waals surface area (Å²) in [6, 6.07) is 4.77. The lowest BCUT2D eigenvalue weighted by molar-refractivity contribution is -0.125. The molecule has 0 bridgehead atoms. The van der Waals surface area contributed by atoms with Gasteiger partial charge in [-0.25, -0.2) is 17.2 Å². The van der Waals surface area contributed by atoms with Crippen LogP contribution in [0.3, 0.4) is 0 Å². The number of anilines is 1. The van der Waals surface area contributed by atoms with Gasteiger partial charge in [0, 0.05) is 6.07 Å². The van der Waals surface area contributed by atoms with Crippen LogP contribution in [0.1, 0.15) is 12.8 Å². The van der Waals surface area contributed by atoms with Gasteiger partial charge in [-0.15, -0.1) is 11.3 Å². The Kier molecular flexibility index (Phi) is 3.74. The summed E-state index contributed by atoms with van der Waals surface area (Å²) in [4.78, 5) is 11.1. The van der Waals surface area contributed by atoms with E-state index in [0.717, 1.165) is 23.5 Å². The number of hydrogen-bond acceptors (Lipinski definition) is 5. The molecule has 1 aliphatic rings. The molecule has 0 aliphatic heterocycles. The number of aliphatic hydroxyl groups is 1. The molecule has 122 valence electrons. The molecule has 0 saturated heterocycles. The number of carbonyl (C=O) groups is 1. The van der Waals surface area contributed by atoms with Crippen molar-refractivity contribution in [3.63, 3.8) is 0 Å². The zero-order chi connectivity index (χ0) is 16.8. The Bertz CT molecular complexity index is 888. The van der Waals surface area contributed by atoms with Crippen molar-refractivity contribution in [2.45, 2.75) is 27.5 Å². The van der Waals surface area contributed by atoms with E-state index in [2.05, 4.69) is 5.32 Å². The number of amides is 1. The summed E-state index contributed by atoms with van der Waals surface area (Å²) < 4.78 is 51.1. The van der Waals surface area contributed by atoms with Crippen LogP contribution in [0.4, 0.5) is 13.8 Å². The fourth-order valence-corrected chi connectivity index (χ4v) is 4.54. The van der Waals surface area contributed by atoms with Gasteiger partial charge in [0.2, 0.25) is 9.84 Å². The number of halogens is 2. The molecule has 1 amide bonds. The Morgan fingerprint density at radius 1 is 1.22 bits per heavy atom. The second kappa shape index (κ2) is 5.36. The van der Waals surface area contributed by atoms with Crippen molar-refractivity contribution < 1.29 is 27.1 Å².